The molecule has 19 heavy (non-hydrogen) atoms. The Hall–Kier alpha value is -1.34. The quantitative estimate of drug-likeness (QED) is 0.767. The summed E-state index contributed by atoms with van der Waals surface area (Å²) >= 11 is 0. The standard InChI is InChI=1S/C12H17NO5S/c1-9(13-5-7-19(15,16)8-6-13)10-3-4-11(18-10)12(14)17-2/h3-4,9H,5-8H2,1-2H3. The molecule has 1 aromatic rings. The molecule has 0 radical (unpaired) electrons. The van der Waals surface area contributed by atoms with E-state index < -0.39 is 15.8 Å². The van der Waals surface area contributed by atoms with Crippen molar-refractivity contribution in [3.63, 3.8) is 0 Å². The minimum absolute atomic E-state index is 0.0612. The molecule has 106 valence electrons. The predicted octanol–water partition coefficient (Wildman–Crippen LogP) is 0.858. The maximum atomic E-state index is 11.4. The van der Waals surface area contributed by atoms with Crippen molar-refractivity contribution in [3.8, 4) is 0 Å². The van der Waals surface area contributed by atoms with Crippen LogP contribution in [-0.4, -0.2) is 51.0 Å². The first-order chi connectivity index (χ1) is 8.93. The van der Waals surface area contributed by atoms with E-state index in [1.54, 1.807) is 12.1 Å². The summed E-state index contributed by atoms with van der Waals surface area (Å²) in [6.45, 7) is 2.90. The molecular formula is C12H17NO5S. The van der Waals surface area contributed by atoms with Crippen LogP contribution in [0.4, 0.5) is 0 Å². The van der Waals surface area contributed by atoms with Crippen LogP contribution in [-0.2, 0) is 14.6 Å². The molecule has 1 aliphatic heterocycles. The van der Waals surface area contributed by atoms with Gasteiger partial charge in [-0.05, 0) is 19.1 Å². The van der Waals surface area contributed by atoms with Crippen LogP contribution in [0, 0.1) is 0 Å². The summed E-state index contributed by atoms with van der Waals surface area (Å²) < 4.78 is 32.8. The molecule has 0 spiro atoms. The molecular weight excluding hydrogens is 270 g/mol. The molecule has 1 aliphatic rings. The van der Waals surface area contributed by atoms with Crippen molar-refractivity contribution in [2.45, 2.75) is 13.0 Å². The van der Waals surface area contributed by atoms with Gasteiger partial charge in [0.05, 0.1) is 24.7 Å². The van der Waals surface area contributed by atoms with E-state index in [-0.39, 0.29) is 23.3 Å². The third-order valence-corrected chi connectivity index (χ3v) is 4.96. The maximum Gasteiger partial charge on any atom is 0.373 e. The molecule has 6 nitrogen and oxygen atoms in total. The molecule has 2 rings (SSSR count). The third kappa shape index (κ3) is 3.16. The first-order valence-corrected chi connectivity index (χ1v) is 7.87. The molecule has 1 saturated heterocycles. The van der Waals surface area contributed by atoms with Gasteiger partial charge in [-0.1, -0.05) is 0 Å². The molecule has 0 N–H and O–H groups in total. The highest BCUT2D eigenvalue weighted by Gasteiger charge is 2.27. The van der Waals surface area contributed by atoms with Crippen LogP contribution >= 0.6 is 0 Å². The molecule has 0 aliphatic carbocycles. The maximum absolute atomic E-state index is 11.4. The Balaban J connectivity index is 2.06. The molecule has 0 bridgehead atoms. The van der Waals surface area contributed by atoms with Crippen LogP contribution in [0.3, 0.4) is 0 Å². The number of ether oxygens (including phenoxy) is 1. The van der Waals surface area contributed by atoms with Crippen molar-refractivity contribution in [3.05, 3.63) is 23.7 Å². The molecule has 0 aromatic carbocycles. The smallest absolute Gasteiger partial charge is 0.373 e. The van der Waals surface area contributed by atoms with Crippen molar-refractivity contribution in [1.82, 2.24) is 4.90 Å². The predicted molar refractivity (Wildman–Crippen MR) is 68.7 cm³/mol. The van der Waals surface area contributed by atoms with Gasteiger partial charge in [0.1, 0.15) is 5.76 Å². The van der Waals surface area contributed by atoms with Crippen molar-refractivity contribution in [2.24, 2.45) is 0 Å². The normalized spacial score (nSPS) is 20.9. The Morgan fingerprint density at radius 1 is 1.37 bits per heavy atom. The molecule has 1 unspecified atom stereocenters. The van der Waals surface area contributed by atoms with Crippen LogP contribution < -0.4 is 0 Å². The number of hydrogen-bond acceptors (Lipinski definition) is 6. The average molecular weight is 287 g/mol. The summed E-state index contributed by atoms with van der Waals surface area (Å²) in [6.07, 6.45) is 0. The van der Waals surface area contributed by atoms with E-state index >= 15 is 0 Å². The number of rotatable bonds is 3. The van der Waals surface area contributed by atoms with Crippen LogP contribution in [0.15, 0.2) is 16.5 Å². The van der Waals surface area contributed by atoms with E-state index in [1.807, 2.05) is 11.8 Å². The van der Waals surface area contributed by atoms with Gasteiger partial charge >= 0.3 is 5.97 Å². The fourth-order valence-electron chi connectivity index (χ4n) is 2.08. The summed E-state index contributed by atoms with van der Waals surface area (Å²) in [7, 11) is -1.59. The number of furan rings is 1. The van der Waals surface area contributed by atoms with E-state index in [2.05, 4.69) is 4.74 Å². The number of carbonyl (C=O) groups is 1. The Kier molecular flexibility index (Phi) is 3.96. The Bertz CT molecular complexity index is 548. The molecule has 7 heteroatoms. The van der Waals surface area contributed by atoms with E-state index in [9.17, 15) is 13.2 Å². The fourth-order valence-corrected chi connectivity index (χ4v) is 3.31. The second kappa shape index (κ2) is 5.34. The van der Waals surface area contributed by atoms with Crippen molar-refractivity contribution < 1.29 is 22.4 Å². The van der Waals surface area contributed by atoms with Crippen LogP contribution in [0.5, 0.6) is 0 Å². The average Bonchev–Trinajstić information content (AvgIpc) is 2.86. The van der Waals surface area contributed by atoms with Crippen LogP contribution in [0.1, 0.15) is 29.3 Å². The van der Waals surface area contributed by atoms with Gasteiger partial charge in [0.25, 0.3) is 0 Å². The van der Waals surface area contributed by atoms with Crippen LogP contribution in [0.2, 0.25) is 0 Å². The van der Waals surface area contributed by atoms with Gasteiger partial charge < -0.3 is 9.15 Å². The van der Waals surface area contributed by atoms with Crippen molar-refractivity contribution in [1.29, 1.82) is 0 Å². The van der Waals surface area contributed by atoms with E-state index in [0.29, 0.717) is 18.8 Å². The molecule has 0 saturated carbocycles. The minimum atomic E-state index is -2.89. The lowest BCUT2D eigenvalue weighted by atomic mass is 10.2. The topological polar surface area (TPSA) is 76.8 Å². The zero-order valence-electron chi connectivity index (χ0n) is 11.0. The molecule has 1 fully saturated rings. The number of carbonyl (C=O) groups excluding carboxylic acids is 1. The van der Waals surface area contributed by atoms with E-state index in [4.69, 9.17) is 4.42 Å². The molecule has 0 amide bonds. The Morgan fingerprint density at radius 2 is 2.00 bits per heavy atom. The zero-order chi connectivity index (χ0) is 14.0. The highest BCUT2D eigenvalue weighted by Crippen LogP contribution is 2.24. The lowest BCUT2D eigenvalue weighted by Crippen LogP contribution is -2.41. The first-order valence-electron chi connectivity index (χ1n) is 6.05. The minimum Gasteiger partial charge on any atom is -0.463 e. The van der Waals surface area contributed by atoms with Gasteiger partial charge in [0.2, 0.25) is 5.76 Å². The zero-order valence-corrected chi connectivity index (χ0v) is 11.8. The number of hydrogen-bond donors (Lipinski definition) is 0. The van der Waals surface area contributed by atoms with Crippen LogP contribution in [0.25, 0.3) is 0 Å². The van der Waals surface area contributed by atoms with Gasteiger partial charge in [0.15, 0.2) is 9.84 Å². The second-order valence-corrected chi connectivity index (χ2v) is 6.86. The molecule has 2 heterocycles. The summed E-state index contributed by atoms with van der Waals surface area (Å²) in [6, 6.07) is 3.23. The van der Waals surface area contributed by atoms with E-state index in [0.717, 1.165) is 0 Å². The summed E-state index contributed by atoms with van der Waals surface area (Å²) in [5, 5.41) is 0. The van der Waals surface area contributed by atoms with Gasteiger partial charge in [-0.25, -0.2) is 13.2 Å². The van der Waals surface area contributed by atoms with E-state index in [1.165, 1.54) is 7.11 Å². The van der Waals surface area contributed by atoms with Crippen molar-refractivity contribution in [2.75, 3.05) is 31.7 Å². The second-order valence-electron chi connectivity index (χ2n) is 4.56. The highest BCUT2D eigenvalue weighted by molar-refractivity contribution is 7.91. The SMILES string of the molecule is COC(=O)c1ccc(C(C)N2CCS(=O)(=O)CC2)o1. The Labute approximate surface area is 112 Å². The number of sulfone groups is 1. The summed E-state index contributed by atoms with van der Waals surface area (Å²) in [5.74, 6) is 0.623. The molecule has 1 atom stereocenters. The Morgan fingerprint density at radius 3 is 2.58 bits per heavy atom. The fraction of sp³-hybridized carbons (Fsp3) is 0.583. The van der Waals surface area contributed by atoms with Gasteiger partial charge in [-0.15, -0.1) is 0 Å². The lowest BCUT2D eigenvalue weighted by molar-refractivity contribution is 0.0559. The van der Waals surface area contributed by atoms with Gasteiger partial charge in [-0.3, -0.25) is 4.90 Å². The highest BCUT2D eigenvalue weighted by atomic mass is 32.2. The monoisotopic (exact) mass is 287 g/mol. The largest absolute Gasteiger partial charge is 0.463 e. The number of methoxy groups -OCH3 is 1. The van der Waals surface area contributed by atoms with Crippen molar-refractivity contribution >= 4 is 15.8 Å². The number of nitrogens with zero attached hydrogens (tertiary/aromatic N) is 1. The summed E-state index contributed by atoms with van der Waals surface area (Å²) in [5.41, 5.74) is 0. The first kappa shape index (κ1) is 14.1. The van der Waals surface area contributed by atoms with Gasteiger partial charge in [-0.2, -0.15) is 0 Å². The molecule has 1 aromatic heterocycles. The third-order valence-electron chi connectivity index (χ3n) is 3.35. The lowest BCUT2D eigenvalue weighted by Gasteiger charge is -2.30. The number of esters is 1. The summed E-state index contributed by atoms with van der Waals surface area (Å²) in [4.78, 5) is 13.3. The van der Waals surface area contributed by atoms with Gasteiger partial charge in [0, 0.05) is 13.1 Å².